The Morgan fingerprint density at radius 2 is 2.18 bits per heavy atom. The molecule has 0 aromatic carbocycles. The molecule has 1 aliphatic rings. The van der Waals surface area contributed by atoms with Gasteiger partial charge < -0.3 is 5.32 Å². The molecule has 1 nitrogen and oxygen atoms in total. The average molecular weight is 334 g/mol. The zero-order chi connectivity index (χ0) is 12.3. The molecule has 0 spiro atoms. The summed E-state index contributed by atoms with van der Waals surface area (Å²) in [5.74, 6) is 0. The van der Waals surface area contributed by atoms with Gasteiger partial charge in [0, 0.05) is 22.2 Å². The van der Waals surface area contributed by atoms with Crippen molar-refractivity contribution in [2.24, 2.45) is 0 Å². The highest BCUT2D eigenvalue weighted by atomic mass is 79.9. The summed E-state index contributed by atoms with van der Waals surface area (Å²) in [5.41, 5.74) is 0. The quantitative estimate of drug-likeness (QED) is 0.827. The number of nitrogens with one attached hydrogen (secondary N) is 1. The molecular formula is C13H20BrNS2. The zero-order valence-corrected chi connectivity index (χ0v) is 13.7. The number of hydrogen-bond donors (Lipinski definition) is 1. The largest absolute Gasteiger partial charge is 0.308 e. The zero-order valence-electron chi connectivity index (χ0n) is 10.5. The Bertz CT molecular complexity index is 358. The summed E-state index contributed by atoms with van der Waals surface area (Å²) in [7, 11) is 0. The lowest BCUT2D eigenvalue weighted by Gasteiger charge is -2.28. The predicted molar refractivity (Wildman–Crippen MR) is 83.2 cm³/mol. The first kappa shape index (κ1) is 13.9. The van der Waals surface area contributed by atoms with Crippen LogP contribution in [0.4, 0.5) is 0 Å². The molecule has 0 saturated heterocycles. The Morgan fingerprint density at radius 3 is 2.71 bits per heavy atom. The van der Waals surface area contributed by atoms with Gasteiger partial charge in [-0.1, -0.05) is 12.8 Å². The minimum Gasteiger partial charge on any atom is -0.308 e. The Kier molecular flexibility index (Phi) is 4.98. The summed E-state index contributed by atoms with van der Waals surface area (Å²) in [6.45, 7) is 3.41. The van der Waals surface area contributed by atoms with E-state index in [0.29, 0.717) is 10.8 Å². The van der Waals surface area contributed by atoms with Gasteiger partial charge in [0.1, 0.15) is 0 Å². The number of rotatable bonds is 5. The fourth-order valence-corrected chi connectivity index (χ4v) is 4.85. The highest BCUT2D eigenvalue weighted by Crippen LogP contribution is 2.40. The van der Waals surface area contributed by atoms with E-state index in [1.54, 1.807) is 0 Å². The predicted octanol–water partition coefficient (Wildman–Crippen LogP) is 4.84. The molecule has 17 heavy (non-hydrogen) atoms. The van der Waals surface area contributed by atoms with Crippen LogP contribution in [0, 0.1) is 0 Å². The lowest BCUT2D eigenvalue weighted by Crippen LogP contribution is -2.36. The normalized spacial score (nSPS) is 20.6. The van der Waals surface area contributed by atoms with Gasteiger partial charge in [-0.3, -0.25) is 0 Å². The number of halogens is 1. The first-order chi connectivity index (χ1) is 8.15. The Labute approximate surface area is 121 Å². The molecule has 4 heteroatoms. The van der Waals surface area contributed by atoms with Crippen molar-refractivity contribution in [3.8, 4) is 0 Å². The third-order valence-corrected chi connectivity index (χ3v) is 6.92. The summed E-state index contributed by atoms with van der Waals surface area (Å²) in [4.78, 5) is 1.42. The molecule has 1 aliphatic carbocycles. The van der Waals surface area contributed by atoms with E-state index in [-0.39, 0.29) is 0 Å². The van der Waals surface area contributed by atoms with E-state index in [1.807, 2.05) is 11.3 Å². The van der Waals surface area contributed by atoms with E-state index in [1.165, 1.54) is 34.3 Å². The summed E-state index contributed by atoms with van der Waals surface area (Å²) in [6, 6.07) is 4.82. The third kappa shape index (κ3) is 3.49. The van der Waals surface area contributed by atoms with E-state index in [4.69, 9.17) is 0 Å². The smallest absolute Gasteiger partial charge is 0.0701 e. The lowest BCUT2D eigenvalue weighted by molar-refractivity contribution is 0.490. The van der Waals surface area contributed by atoms with Gasteiger partial charge in [0.2, 0.25) is 0 Å². The highest BCUT2D eigenvalue weighted by Gasteiger charge is 2.32. The minimum absolute atomic E-state index is 0.468. The van der Waals surface area contributed by atoms with E-state index >= 15 is 0 Å². The molecule has 1 atom stereocenters. The van der Waals surface area contributed by atoms with Crippen molar-refractivity contribution in [3.63, 3.8) is 0 Å². The van der Waals surface area contributed by atoms with E-state index in [2.05, 4.69) is 58.3 Å². The van der Waals surface area contributed by atoms with Crippen LogP contribution >= 0.6 is 39.0 Å². The Morgan fingerprint density at radius 1 is 1.47 bits per heavy atom. The van der Waals surface area contributed by atoms with Crippen molar-refractivity contribution in [2.75, 3.05) is 12.8 Å². The molecule has 1 aromatic rings. The molecule has 0 bridgehead atoms. The van der Waals surface area contributed by atoms with E-state index < -0.39 is 0 Å². The summed E-state index contributed by atoms with van der Waals surface area (Å²) in [6.07, 6.45) is 7.83. The molecule has 1 saturated carbocycles. The molecule has 0 amide bonds. The van der Waals surface area contributed by atoms with Gasteiger partial charge in [-0.2, -0.15) is 11.8 Å². The number of hydrogen-bond acceptors (Lipinski definition) is 3. The van der Waals surface area contributed by atoms with Gasteiger partial charge >= 0.3 is 0 Å². The molecule has 2 rings (SSSR count). The molecule has 0 radical (unpaired) electrons. The van der Waals surface area contributed by atoms with Crippen molar-refractivity contribution in [2.45, 2.75) is 43.4 Å². The molecule has 1 fully saturated rings. The van der Waals surface area contributed by atoms with Gasteiger partial charge in [0.05, 0.1) is 3.79 Å². The van der Waals surface area contributed by atoms with Gasteiger partial charge in [-0.05, 0) is 54.1 Å². The Balaban J connectivity index is 1.89. The lowest BCUT2D eigenvalue weighted by atomic mass is 10.1. The number of thioether (sulfide) groups is 1. The summed E-state index contributed by atoms with van der Waals surface area (Å²) < 4.78 is 1.73. The van der Waals surface area contributed by atoms with Crippen LogP contribution < -0.4 is 5.32 Å². The second-order valence-electron chi connectivity index (χ2n) is 4.84. The van der Waals surface area contributed by atoms with Crippen molar-refractivity contribution in [1.29, 1.82) is 0 Å². The first-order valence-corrected chi connectivity index (χ1v) is 9.02. The minimum atomic E-state index is 0.468. The SMILES string of the molecule is CSC1(CNC(C)c2ccc(Br)s2)CCCC1. The molecular weight excluding hydrogens is 314 g/mol. The fraction of sp³-hybridized carbons (Fsp3) is 0.692. The van der Waals surface area contributed by atoms with Crippen LogP contribution in [0.5, 0.6) is 0 Å². The fourth-order valence-electron chi connectivity index (χ4n) is 2.47. The topological polar surface area (TPSA) is 12.0 Å². The molecule has 1 N–H and O–H groups in total. The monoisotopic (exact) mass is 333 g/mol. The van der Waals surface area contributed by atoms with Crippen LogP contribution in [-0.4, -0.2) is 17.5 Å². The maximum absolute atomic E-state index is 3.71. The second kappa shape index (κ2) is 6.09. The summed E-state index contributed by atoms with van der Waals surface area (Å²) >= 11 is 7.41. The van der Waals surface area contributed by atoms with Crippen LogP contribution in [0.1, 0.15) is 43.5 Å². The van der Waals surface area contributed by atoms with Crippen molar-refractivity contribution >= 4 is 39.0 Å². The van der Waals surface area contributed by atoms with Gasteiger partial charge in [-0.25, -0.2) is 0 Å². The third-order valence-electron chi connectivity index (χ3n) is 3.70. The van der Waals surface area contributed by atoms with E-state index in [0.717, 1.165) is 6.54 Å². The van der Waals surface area contributed by atoms with Crippen LogP contribution in [-0.2, 0) is 0 Å². The van der Waals surface area contributed by atoms with Gasteiger partial charge in [0.15, 0.2) is 0 Å². The van der Waals surface area contributed by atoms with Crippen LogP contribution in [0.15, 0.2) is 15.9 Å². The van der Waals surface area contributed by atoms with Gasteiger partial charge in [0.25, 0.3) is 0 Å². The van der Waals surface area contributed by atoms with Crippen molar-refractivity contribution in [3.05, 3.63) is 20.8 Å². The van der Waals surface area contributed by atoms with Crippen LogP contribution in [0.3, 0.4) is 0 Å². The highest BCUT2D eigenvalue weighted by molar-refractivity contribution is 9.11. The van der Waals surface area contributed by atoms with Crippen molar-refractivity contribution in [1.82, 2.24) is 5.32 Å². The molecule has 1 unspecified atom stereocenters. The maximum Gasteiger partial charge on any atom is 0.0701 e. The number of thiophene rings is 1. The summed E-state index contributed by atoms with van der Waals surface area (Å²) in [5, 5.41) is 3.71. The average Bonchev–Trinajstić information content (AvgIpc) is 2.95. The maximum atomic E-state index is 3.71. The molecule has 0 aliphatic heterocycles. The van der Waals surface area contributed by atoms with Gasteiger partial charge in [-0.15, -0.1) is 11.3 Å². The molecule has 1 aromatic heterocycles. The molecule has 96 valence electrons. The van der Waals surface area contributed by atoms with E-state index in [9.17, 15) is 0 Å². The standard InChI is InChI=1S/C13H20BrNS2/c1-10(11-5-6-12(14)17-11)15-9-13(16-2)7-3-4-8-13/h5-6,10,15H,3-4,7-9H2,1-2H3. The first-order valence-electron chi connectivity index (χ1n) is 6.19. The van der Waals surface area contributed by atoms with Crippen LogP contribution in [0.25, 0.3) is 0 Å². The van der Waals surface area contributed by atoms with Crippen LogP contribution in [0.2, 0.25) is 0 Å². The van der Waals surface area contributed by atoms with Crippen molar-refractivity contribution < 1.29 is 0 Å². The second-order valence-corrected chi connectivity index (χ2v) is 8.61. The Hall–Kier alpha value is 0.490. The molecule has 1 heterocycles.